The maximum absolute atomic E-state index is 15.6. The van der Waals surface area contributed by atoms with Gasteiger partial charge in [0.05, 0.1) is 43.0 Å². The Balaban J connectivity index is 1.85. The van der Waals surface area contributed by atoms with E-state index in [0.29, 0.717) is 16.7 Å². The highest BCUT2D eigenvalue weighted by molar-refractivity contribution is 6.73. The number of aliphatic hydroxyl groups is 1. The van der Waals surface area contributed by atoms with Gasteiger partial charge in [0.15, 0.2) is 20.2 Å². The summed E-state index contributed by atoms with van der Waals surface area (Å²) in [6.45, 7) is 15.0. The zero-order chi connectivity index (χ0) is 35.4. The van der Waals surface area contributed by atoms with Crippen LogP contribution in [0.4, 0.5) is 0 Å². The van der Waals surface area contributed by atoms with Crippen molar-refractivity contribution < 1.29 is 47.7 Å². The standard InChI is InChI=1S/C37H52O10Si/c1-10-48(11-2,12-3)47-26-19-27-37(20-44-27,34(42)43-9)31-29(46-33(41)23-16-14-13-15-17-23)24-18-25(39)21(4)28(35(24,6)7)30(45-22(5)38)32(40)36(26,31)8/h13-17,24-27,29-31,39H,10-12,18-20H2,1-9H3/t24?,25-,26-,27+,29+,30+,31?,36+,37-/m0/s1. The number of fused-ring (bicyclic) bond motifs is 5. The Labute approximate surface area is 285 Å². The molecular weight excluding hydrogens is 632 g/mol. The average Bonchev–Trinajstić information content (AvgIpc) is 3.05. The van der Waals surface area contributed by atoms with Gasteiger partial charge in [-0.3, -0.25) is 14.4 Å². The van der Waals surface area contributed by atoms with Crippen LogP contribution in [0.1, 0.15) is 78.6 Å². The summed E-state index contributed by atoms with van der Waals surface area (Å²) in [5, 5.41) is 11.6. The first-order chi connectivity index (χ1) is 22.6. The predicted molar refractivity (Wildman–Crippen MR) is 179 cm³/mol. The molecule has 1 heterocycles. The fraction of sp³-hybridized carbons (Fsp3) is 0.676. The van der Waals surface area contributed by atoms with Crippen LogP contribution in [0.15, 0.2) is 41.5 Å². The normalized spacial score (nSPS) is 35.6. The number of Topliss-reactive ketones (excluding diaryl/α,β-unsaturated/α-hetero) is 1. The van der Waals surface area contributed by atoms with Crippen LogP contribution in [0.25, 0.3) is 0 Å². The van der Waals surface area contributed by atoms with Gasteiger partial charge < -0.3 is 28.5 Å². The molecule has 5 rings (SSSR count). The molecule has 3 aliphatic carbocycles. The number of ether oxygens (including phenoxy) is 4. The first-order valence-corrected chi connectivity index (χ1v) is 19.9. The zero-order valence-electron chi connectivity index (χ0n) is 29.8. The largest absolute Gasteiger partial charge is 0.468 e. The molecule has 0 aromatic heterocycles. The third kappa shape index (κ3) is 5.40. The van der Waals surface area contributed by atoms with E-state index in [9.17, 15) is 19.5 Å². The van der Waals surface area contributed by atoms with Crippen molar-refractivity contribution in [2.45, 2.75) is 117 Å². The van der Waals surface area contributed by atoms with E-state index in [1.807, 2.05) is 13.8 Å². The van der Waals surface area contributed by atoms with E-state index >= 15 is 4.79 Å². The van der Waals surface area contributed by atoms with Crippen molar-refractivity contribution in [2.75, 3.05) is 13.7 Å². The Bertz CT molecular complexity index is 1460. The number of carbonyl (C=O) groups excluding carboxylic acids is 4. The Morgan fingerprint density at radius 1 is 1.00 bits per heavy atom. The van der Waals surface area contributed by atoms with E-state index in [4.69, 9.17) is 23.4 Å². The molecule has 1 aromatic rings. The van der Waals surface area contributed by atoms with Crippen LogP contribution in [-0.4, -0.2) is 81.4 Å². The third-order valence-corrected chi connectivity index (χ3v) is 17.3. The van der Waals surface area contributed by atoms with Crippen LogP contribution in [0.5, 0.6) is 0 Å². The molecule has 1 N–H and O–H groups in total. The average molecular weight is 685 g/mol. The van der Waals surface area contributed by atoms with Crippen LogP contribution >= 0.6 is 0 Å². The minimum atomic E-state index is -2.41. The number of ketones is 1. The van der Waals surface area contributed by atoms with Gasteiger partial charge in [-0.2, -0.15) is 0 Å². The highest BCUT2D eigenvalue weighted by Crippen LogP contribution is 2.66. The van der Waals surface area contributed by atoms with Crippen molar-refractivity contribution in [2.24, 2.45) is 28.1 Å². The molecule has 2 unspecified atom stereocenters. The Morgan fingerprint density at radius 3 is 2.15 bits per heavy atom. The van der Waals surface area contributed by atoms with Gasteiger partial charge in [-0.25, -0.2) is 4.79 Å². The highest BCUT2D eigenvalue weighted by Gasteiger charge is 2.77. The summed E-state index contributed by atoms with van der Waals surface area (Å²) in [6, 6.07) is 11.0. The maximum Gasteiger partial charge on any atom is 0.338 e. The summed E-state index contributed by atoms with van der Waals surface area (Å²) in [7, 11) is -1.10. The second-order valence-electron chi connectivity index (χ2n) is 14.9. The predicted octanol–water partition coefficient (Wildman–Crippen LogP) is 5.42. The van der Waals surface area contributed by atoms with Crippen LogP contribution in [0.2, 0.25) is 18.1 Å². The molecule has 4 aliphatic rings. The van der Waals surface area contributed by atoms with Crippen molar-refractivity contribution >= 4 is 32.0 Å². The second-order valence-corrected chi connectivity index (χ2v) is 19.7. The molecule has 3 fully saturated rings. The molecule has 1 saturated heterocycles. The molecule has 0 radical (unpaired) electrons. The summed E-state index contributed by atoms with van der Waals surface area (Å²) >= 11 is 0. The molecular formula is C37H52O10Si. The third-order valence-electron chi connectivity index (χ3n) is 12.6. The van der Waals surface area contributed by atoms with Gasteiger partial charge in [-0.05, 0) is 67.1 Å². The molecule has 10 nitrogen and oxygen atoms in total. The molecule has 9 atom stereocenters. The lowest BCUT2D eigenvalue weighted by Crippen LogP contribution is -2.78. The molecule has 1 aromatic carbocycles. The van der Waals surface area contributed by atoms with Crippen LogP contribution in [0.3, 0.4) is 0 Å². The van der Waals surface area contributed by atoms with E-state index in [-0.39, 0.29) is 19.4 Å². The maximum atomic E-state index is 15.6. The summed E-state index contributed by atoms with van der Waals surface area (Å²) < 4.78 is 31.5. The van der Waals surface area contributed by atoms with E-state index in [1.54, 1.807) is 44.2 Å². The Kier molecular flexibility index (Phi) is 9.95. The van der Waals surface area contributed by atoms with Gasteiger partial charge in [0.25, 0.3) is 0 Å². The number of benzene rings is 1. The lowest BCUT2D eigenvalue weighted by Gasteiger charge is -2.66. The van der Waals surface area contributed by atoms with Crippen molar-refractivity contribution in [3.05, 3.63) is 47.0 Å². The molecule has 2 bridgehead atoms. The summed E-state index contributed by atoms with van der Waals surface area (Å²) in [5.41, 5.74) is -2.43. The van der Waals surface area contributed by atoms with E-state index in [2.05, 4.69) is 20.8 Å². The summed E-state index contributed by atoms with van der Waals surface area (Å²) in [6.07, 6.45) is -4.41. The number of aliphatic hydroxyl groups excluding tert-OH is 1. The number of rotatable bonds is 9. The molecule has 1 aliphatic heterocycles. The Hall–Kier alpha value is -2.86. The SMILES string of the molecule is CC[Si](CC)(CC)O[C@H]1C[C@H]2OC[C@@]2(C(=O)OC)C2[C@H](OC(=O)c3ccccc3)C3C[C@H](O)C(C)=C([C@@H](OC(C)=O)C(=O)[C@@]21C)C3(C)C. The van der Waals surface area contributed by atoms with Gasteiger partial charge in [0, 0.05) is 25.2 Å². The fourth-order valence-corrected chi connectivity index (χ4v) is 12.5. The van der Waals surface area contributed by atoms with E-state index in [0.717, 1.165) is 18.1 Å². The lowest BCUT2D eigenvalue weighted by molar-refractivity contribution is -0.297. The fourth-order valence-electron chi connectivity index (χ4n) is 9.58. The first-order valence-electron chi connectivity index (χ1n) is 17.3. The second kappa shape index (κ2) is 13.1. The van der Waals surface area contributed by atoms with E-state index in [1.165, 1.54) is 14.0 Å². The number of hydrogen-bond acceptors (Lipinski definition) is 10. The Morgan fingerprint density at radius 2 is 1.62 bits per heavy atom. The van der Waals surface area contributed by atoms with Gasteiger partial charge in [0.2, 0.25) is 0 Å². The number of carbonyl (C=O) groups is 4. The highest BCUT2D eigenvalue weighted by atomic mass is 28.4. The van der Waals surface area contributed by atoms with Gasteiger partial charge in [-0.15, -0.1) is 0 Å². The topological polar surface area (TPSA) is 135 Å². The summed E-state index contributed by atoms with van der Waals surface area (Å²) in [5.74, 6) is -3.84. The van der Waals surface area contributed by atoms with Gasteiger partial charge in [0.1, 0.15) is 11.5 Å². The molecule has 11 heteroatoms. The monoisotopic (exact) mass is 684 g/mol. The smallest absolute Gasteiger partial charge is 0.338 e. The first kappa shape index (κ1) is 36.4. The van der Waals surface area contributed by atoms with Crippen molar-refractivity contribution in [1.29, 1.82) is 0 Å². The molecule has 0 amide bonds. The van der Waals surface area contributed by atoms with Gasteiger partial charge >= 0.3 is 17.9 Å². The van der Waals surface area contributed by atoms with Crippen LogP contribution in [-0.2, 0) is 37.8 Å². The molecule has 0 spiro atoms. The number of esters is 3. The summed E-state index contributed by atoms with van der Waals surface area (Å²) in [4.78, 5) is 56.7. The molecule has 264 valence electrons. The molecule has 48 heavy (non-hydrogen) atoms. The number of hydrogen-bond donors (Lipinski definition) is 1. The van der Waals surface area contributed by atoms with Crippen molar-refractivity contribution in [3.8, 4) is 0 Å². The quantitative estimate of drug-likeness (QED) is 0.155. The van der Waals surface area contributed by atoms with E-state index < -0.39 is 90.6 Å². The minimum absolute atomic E-state index is 0.0441. The van der Waals surface area contributed by atoms with Crippen LogP contribution in [0, 0.1) is 28.1 Å². The van der Waals surface area contributed by atoms with Crippen molar-refractivity contribution in [3.63, 3.8) is 0 Å². The minimum Gasteiger partial charge on any atom is -0.468 e. The lowest BCUT2D eigenvalue weighted by atomic mass is 9.43. The van der Waals surface area contributed by atoms with Gasteiger partial charge in [-0.1, -0.05) is 52.8 Å². The number of methoxy groups -OCH3 is 1. The van der Waals surface area contributed by atoms with Crippen molar-refractivity contribution in [1.82, 2.24) is 0 Å². The molecule has 2 saturated carbocycles. The van der Waals surface area contributed by atoms with Crippen LogP contribution < -0.4 is 0 Å². The zero-order valence-corrected chi connectivity index (χ0v) is 30.8.